The molecule has 0 unspecified atom stereocenters. The lowest BCUT2D eigenvalue weighted by atomic mass is 9.90. The van der Waals surface area contributed by atoms with Crippen molar-refractivity contribution in [3.8, 4) is 6.07 Å². The normalized spacial score (nSPS) is 20.4. The van der Waals surface area contributed by atoms with Gasteiger partial charge in [0.1, 0.15) is 5.54 Å². The fourth-order valence-corrected chi connectivity index (χ4v) is 4.00. The van der Waals surface area contributed by atoms with Gasteiger partial charge in [-0.1, -0.05) is 32.5 Å². The van der Waals surface area contributed by atoms with Gasteiger partial charge in [0, 0.05) is 19.1 Å². The molecule has 1 aromatic heterocycles. The maximum atomic E-state index is 12.4. The molecule has 1 N–H and O–H groups in total. The molecule has 0 aromatic carbocycles. The van der Waals surface area contributed by atoms with Crippen molar-refractivity contribution >= 4 is 23.6 Å². The van der Waals surface area contributed by atoms with Gasteiger partial charge in [-0.3, -0.25) is 9.36 Å². The first kappa shape index (κ1) is 20.0. The summed E-state index contributed by atoms with van der Waals surface area (Å²) in [5.41, 5.74) is -0.850. The molecule has 1 aliphatic heterocycles. The number of nitrogens with zero attached hydrogens (tertiary/aromatic N) is 5. The van der Waals surface area contributed by atoms with Crippen molar-refractivity contribution in [1.29, 1.82) is 5.26 Å². The van der Waals surface area contributed by atoms with Crippen LogP contribution in [-0.4, -0.2) is 45.1 Å². The second kappa shape index (κ2) is 8.09. The second-order valence-corrected chi connectivity index (χ2v) is 9.30. The van der Waals surface area contributed by atoms with E-state index in [0.717, 1.165) is 43.0 Å². The molecule has 2 fully saturated rings. The highest BCUT2D eigenvalue weighted by Gasteiger charge is 2.33. The summed E-state index contributed by atoms with van der Waals surface area (Å²) in [6.07, 6.45) is 4.67. The van der Waals surface area contributed by atoms with E-state index in [1.807, 2.05) is 13.8 Å². The quantitative estimate of drug-likeness (QED) is 0.720. The Bertz CT molecular complexity index is 714. The van der Waals surface area contributed by atoms with E-state index in [4.69, 9.17) is 0 Å². The lowest BCUT2D eigenvalue weighted by Crippen LogP contribution is -2.49. The summed E-state index contributed by atoms with van der Waals surface area (Å²) in [6.45, 7) is 9.98. The molecule has 1 aromatic rings. The molecule has 0 spiro atoms. The molecule has 0 radical (unpaired) electrons. The molecule has 2 heterocycles. The van der Waals surface area contributed by atoms with Crippen LogP contribution < -0.4 is 10.2 Å². The van der Waals surface area contributed by atoms with Crippen molar-refractivity contribution in [2.24, 2.45) is 11.8 Å². The summed E-state index contributed by atoms with van der Waals surface area (Å²) < 4.78 is 2.22. The summed E-state index contributed by atoms with van der Waals surface area (Å²) in [6, 6.07) is 2.67. The number of piperidine rings is 1. The maximum Gasteiger partial charge on any atom is 0.231 e. The Balaban J connectivity index is 1.66. The topological polar surface area (TPSA) is 86.8 Å². The molecule has 1 saturated heterocycles. The van der Waals surface area contributed by atoms with Crippen LogP contribution in [0.1, 0.15) is 59.4 Å². The largest absolute Gasteiger partial charge is 0.341 e. The van der Waals surface area contributed by atoms with Crippen molar-refractivity contribution in [2.45, 2.75) is 70.1 Å². The molecule has 0 bridgehead atoms. The number of anilines is 1. The van der Waals surface area contributed by atoms with Crippen molar-refractivity contribution in [3.05, 3.63) is 0 Å². The van der Waals surface area contributed by atoms with E-state index in [1.165, 1.54) is 24.6 Å². The van der Waals surface area contributed by atoms with Crippen molar-refractivity contribution in [3.63, 3.8) is 0 Å². The molecular formula is C19H30N6OS. The molecule has 2 aliphatic rings. The summed E-state index contributed by atoms with van der Waals surface area (Å²) in [5, 5.41) is 21.9. The number of aromatic nitrogens is 3. The zero-order valence-electron chi connectivity index (χ0n) is 16.7. The van der Waals surface area contributed by atoms with Gasteiger partial charge in [0.25, 0.3) is 0 Å². The SMILES string of the molecule is CC1CCN(c2nnc(SCC(=O)N[C@](C)(C#N)C(C)C)n2C2CC2)CC1. The Morgan fingerprint density at radius 1 is 1.33 bits per heavy atom. The Labute approximate surface area is 165 Å². The monoisotopic (exact) mass is 390 g/mol. The maximum absolute atomic E-state index is 12.4. The average Bonchev–Trinajstić information content (AvgIpc) is 3.39. The van der Waals surface area contributed by atoms with Crippen LogP contribution in [0.5, 0.6) is 0 Å². The van der Waals surface area contributed by atoms with Crippen LogP contribution >= 0.6 is 11.8 Å². The van der Waals surface area contributed by atoms with Crippen LogP contribution in [0.2, 0.25) is 0 Å². The first-order valence-electron chi connectivity index (χ1n) is 9.89. The molecule has 8 heteroatoms. The average molecular weight is 391 g/mol. The van der Waals surface area contributed by atoms with E-state index in [-0.39, 0.29) is 17.6 Å². The fourth-order valence-electron chi connectivity index (χ4n) is 3.20. The number of hydrogen-bond donors (Lipinski definition) is 1. The third-order valence-electron chi connectivity index (χ3n) is 5.74. The molecule has 148 valence electrons. The van der Waals surface area contributed by atoms with Gasteiger partial charge in [-0.2, -0.15) is 5.26 Å². The highest BCUT2D eigenvalue weighted by Crippen LogP contribution is 2.41. The predicted octanol–water partition coefficient (Wildman–Crippen LogP) is 3.00. The van der Waals surface area contributed by atoms with Gasteiger partial charge in [-0.25, -0.2) is 0 Å². The van der Waals surface area contributed by atoms with E-state index in [1.54, 1.807) is 6.92 Å². The Kier molecular flexibility index (Phi) is 5.99. The first-order chi connectivity index (χ1) is 12.8. The van der Waals surface area contributed by atoms with Crippen LogP contribution in [0.4, 0.5) is 5.95 Å². The van der Waals surface area contributed by atoms with Gasteiger partial charge in [0.2, 0.25) is 11.9 Å². The molecule has 1 atom stereocenters. The standard InChI is InChI=1S/C19H30N6OS/c1-13(2)19(4,12-20)21-16(26)11-27-18-23-22-17(25(18)15-5-6-15)24-9-7-14(3)8-10-24/h13-15H,5-11H2,1-4H3,(H,21,26)/t19-/m1/s1. The molecule has 3 rings (SSSR count). The number of hydrogen-bond acceptors (Lipinski definition) is 6. The lowest BCUT2D eigenvalue weighted by molar-refractivity contribution is -0.120. The van der Waals surface area contributed by atoms with Gasteiger partial charge < -0.3 is 10.2 Å². The van der Waals surface area contributed by atoms with Crippen LogP contribution in [0, 0.1) is 23.2 Å². The number of nitriles is 1. The number of carbonyl (C=O) groups excluding carboxylic acids is 1. The van der Waals surface area contributed by atoms with E-state index >= 15 is 0 Å². The molecule has 27 heavy (non-hydrogen) atoms. The van der Waals surface area contributed by atoms with Crippen molar-refractivity contribution in [2.75, 3.05) is 23.7 Å². The minimum atomic E-state index is -0.850. The summed E-state index contributed by atoms with van der Waals surface area (Å²) in [7, 11) is 0. The van der Waals surface area contributed by atoms with Crippen molar-refractivity contribution in [1.82, 2.24) is 20.1 Å². The number of thioether (sulfide) groups is 1. The minimum Gasteiger partial charge on any atom is -0.341 e. The van der Waals surface area contributed by atoms with E-state index in [9.17, 15) is 10.1 Å². The lowest BCUT2D eigenvalue weighted by Gasteiger charge is -2.31. The predicted molar refractivity (Wildman–Crippen MR) is 107 cm³/mol. The van der Waals surface area contributed by atoms with Gasteiger partial charge >= 0.3 is 0 Å². The van der Waals surface area contributed by atoms with E-state index in [2.05, 4.69) is 38.0 Å². The highest BCUT2D eigenvalue weighted by atomic mass is 32.2. The third-order valence-corrected chi connectivity index (χ3v) is 6.69. The molecule has 7 nitrogen and oxygen atoms in total. The van der Waals surface area contributed by atoms with Crippen LogP contribution in [0.25, 0.3) is 0 Å². The molecule has 1 aliphatic carbocycles. The van der Waals surface area contributed by atoms with Crippen LogP contribution in [-0.2, 0) is 4.79 Å². The van der Waals surface area contributed by atoms with Crippen LogP contribution in [0.3, 0.4) is 0 Å². The van der Waals surface area contributed by atoms with Gasteiger partial charge in [0.15, 0.2) is 5.16 Å². The highest BCUT2D eigenvalue weighted by molar-refractivity contribution is 7.99. The second-order valence-electron chi connectivity index (χ2n) is 8.36. The minimum absolute atomic E-state index is 0.0414. The van der Waals surface area contributed by atoms with E-state index < -0.39 is 5.54 Å². The summed E-state index contributed by atoms with van der Waals surface area (Å²) in [5.74, 6) is 1.87. The van der Waals surface area contributed by atoms with Gasteiger partial charge in [-0.05, 0) is 44.4 Å². The van der Waals surface area contributed by atoms with Gasteiger partial charge in [0.05, 0.1) is 11.8 Å². The number of carbonyl (C=O) groups is 1. The zero-order valence-corrected chi connectivity index (χ0v) is 17.6. The summed E-state index contributed by atoms with van der Waals surface area (Å²) in [4.78, 5) is 14.7. The molecule has 1 saturated carbocycles. The van der Waals surface area contributed by atoms with Crippen LogP contribution in [0.15, 0.2) is 5.16 Å². The Morgan fingerprint density at radius 2 is 2.00 bits per heavy atom. The third kappa shape index (κ3) is 4.57. The molecule has 1 amide bonds. The number of nitrogens with one attached hydrogen (secondary N) is 1. The number of rotatable bonds is 7. The smallest absolute Gasteiger partial charge is 0.231 e. The van der Waals surface area contributed by atoms with Crippen molar-refractivity contribution < 1.29 is 4.79 Å². The zero-order chi connectivity index (χ0) is 19.6. The first-order valence-corrected chi connectivity index (χ1v) is 10.9. The summed E-state index contributed by atoms with van der Waals surface area (Å²) >= 11 is 1.41. The fraction of sp³-hybridized carbons (Fsp3) is 0.789. The number of amides is 1. The Morgan fingerprint density at radius 3 is 2.56 bits per heavy atom. The molecular weight excluding hydrogens is 360 g/mol. The van der Waals surface area contributed by atoms with E-state index in [0.29, 0.717) is 6.04 Å². The van der Waals surface area contributed by atoms with Gasteiger partial charge in [-0.15, -0.1) is 10.2 Å². The Hall–Kier alpha value is -1.75.